The van der Waals surface area contributed by atoms with Gasteiger partial charge in [0, 0.05) is 29.4 Å². The molecular weight excluding hydrogens is 344 g/mol. The van der Waals surface area contributed by atoms with Crippen LogP contribution in [0.2, 0.25) is 0 Å². The number of aryl methyl sites for hydroxylation is 1. The first kappa shape index (κ1) is 16.8. The Bertz CT molecular complexity index is 1150. The standard InChI is InChI=1S/C19H18N6O2/c1-12-3-4-13-8-14(19(26)22-16(13)7-12)10-20-15-5-6-17(18(9-15)27-2)25-11-21-23-24-25/h3-9,11,20H,10H2,1-2H3,(H,22,26). The second-order valence-electron chi connectivity index (χ2n) is 6.21. The minimum absolute atomic E-state index is 0.0992. The normalized spacial score (nSPS) is 10.9. The monoisotopic (exact) mass is 362 g/mol. The fourth-order valence-electron chi connectivity index (χ4n) is 2.94. The fourth-order valence-corrected chi connectivity index (χ4v) is 2.94. The zero-order valence-corrected chi connectivity index (χ0v) is 14.9. The van der Waals surface area contributed by atoms with Crippen molar-refractivity contribution in [3.05, 3.63) is 70.3 Å². The van der Waals surface area contributed by atoms with Gasteiger partial charge in [-0.2, -0.15) is 4.68 Å². The van der Waals surface area contributed by atoms with Crippen LogP contribution in [0.5, 0.6) is 5.75 Å². The van der Waals surface area contributed by atoms with E-state index in [0.717, 1.165) is 27.8 Å². The van der Waals surface area contributed by atoms with E-state index in [0.29, 0.717) is 17.9 Å². The van der Waals surface area contributed by atoms with Crippen LogP contribution < -0.4 is 15.6 Å². The summed E-state index contributed by atoms with van der Waals surface area (Å²) in [6.45, 7) is 2.40. The molecule has 0 atom stereocenters. The Hall–Kier alpha value is -3.68. The third kappa shape index (κ3) is 3.37. The lowest BCUT2D eigenvalue weighted by Crippen LogP contribution is -2.15. The summed E-state index contributed by atoms with van der Waals surface area (Å²) < 4.78 is 6.96. The van der Waals surface area contributed by atoms with Gasteiger partial charge in [-0.25, -0.2) is 0 Å². The number of rotatable bonds is 5. The van der Waals surface area contributed by atoms with E-state index in [-0.39, 0.29) is 5.56 Å². The van der Waals surface area contributed by atoms with Gasteiger partial charge in [0.25, 0.3) is 5.56 Å². The number of pyridine rings is 1. The van der Waals surface area contributed by atoms with Crippen molar-refractivity contribution in [3.8, 4) is 11.4 Å². The molecule has 0 saturated heterocycles. The number of tetrazole rings is 1. The molecule has 136 valence electrons. The number of aromatic amines is 1. The highest BCUT2D eigenvalue weighted by Gasteiger charge is 2.09. The molecule has 0 amide bonds. The average Bonchev–Trinajstić information content (AvgIpc) is 3.20. The van der Waals surface area contributed by atoms with Gasteiger partial charge >= 0.3 is 0 Å². The number of hydrogen-bond donors (Lipinski definition) is 2. The van der Waals surface area contributed by atoms with Crippen LogP contribution in [0.4, 0.5) is 5.69 Å². The van der Waals surface area contributed by atoms with Crippen molar-refractivity contribution in [2.75, 3.05) is 12.4 Å². The van der Waals surface area contributed by atoms with Gasteiger partial charge in [0.2, 0.25) is 0 Å². The maximum atomic E-state index is 12.4. The Morgan fingerprint density at radius 1 is 1.19 bits per heavy atom. The van der Waals surface area contributed by atoms with Gasteiger partial charge in [0.1, 0.15) is 17.8 Å². The maximum Gasteiger partial charge on any atom is 0.253 e. The number of nitrogens with one attached hydrogen (secondary N) is 2. The van der Waals surface area contributed by atoms with Crippen molar-refractivity contribution < 1.29 is 4.74 Å². The summed E-state index contributed by atoms with van der Waals surface area (Å²) >= 11 is 0. The number of hydrogen-bond acceptors (Lipinski definition) is 6. The molecule has 8 heteroatoms. The highest BCUT2D eigenvalue weighted by molar-refractivity contribution is 5.79. The summed E-state index contributed by atoms with van der Waals surface area (Å²) in [6, 6.07) is 13.5. The van der Waals surface area contributed by atoms with Crippen molar-refractivity contribution >= 4 is 16.6 Å². The molecule has 0 bridgehead atoms. The summed E-state index contributed by atoms with van der Waals surface area (Å²) in [5, 5.41) is 15.4. The van der Waals surface area contributed by atoms with E-state index in [1.807, 2.05) is 49.4 Å². The molecule has 2 aromatic carbocycles. The van der Waals surface area contributed by atoms with Crippen LogP contribution in [0.3, 0.4) is 0 Å². The van der Waals surface area contributed by atoms with Crippen LogP contribution in [0, 0.1) is 6.92 Å². The molecule has 4 aromatic rings. The van der Waals surface area contributed by atoms with Gasteiger partial charge in [-0.3, -0.25) is 4.79 Å². The van der Waals surface area contributed by atoms with E-state index in [4.69, 9.17) is 4.74 Å². The number of H-pyrrole nitrogens is 1. The highest BCUT2D eigenvalue weighted by Crippen LogP contribution is 2.26. The SMILES string of the molecule is COc1cc(NCc2cc3ccc(C)cc3[nH]c2=O)ccc1-n1cnnn1. The lowest BCUT2D eigenvalue weighted by Gasteiger charge is -2.12. The predicted molar refractivity (Wildman–Crippen MR) is 102 cm³/mol. The van der Waals surface area contributed by atoms with Gasteiger partial charge in [0.15, 0.2) is 0 Å². The Morgan fingerprint density at radius 2 is 2.07 bits per heavy atom. The van der Waals surface area contributed by atoms with Crippen LogP contribution in [0.15, 0.2) is 53.6 Å². The summed E-state index contributed by atoms with van der Waals surface area (Å²) in [4.78, 5) is 15.3. The van der Waals surface area contributed by atoms with Gasteiger partial charge < -0.3 is 15.0 Å². The van der Waals surface area contributed by atoms with Crippen molar-refractivity contribution in [2.45, 2.75) is 13.5 Å². The molecule has 2 heterocycles. The molecular formula is C19H18N6O2. The first-order chi connectivity index (χ1) is 13.1. The topological polar surface area (TPSA) is 97.7 Å². The van der Waals surface area contributed by atoms with Gasteiger partial charge in [-0.05, 0) is 52.6 Å². The first-order valence-corrected chi connectivity index (χ1v) is 8.42. The van der Waals surface area contributed by atoms with Crippen LogP contribution in [-0.4, -0.2) is 32.3 Å². The largest absolute Gasteiger partial charge is 0.494 e. The van der Waals surface area contributed by atoms with E-state index >= 15 is 0 Å². The molecule has 27 heavy (non-hydrogen) atoms. The third-order valence-corrected chi connectivity index (χ3v) is 4.34. The Kier molecular flexibility index (Phi) is 4.29. The first-order valence-electron chi connectivity index (χ1n) is 8.42. The lowest BCUT2D eigenvalue weighted by molar-refractivity contribution is 0.411. The van der Waals surface area contributed by atoms with Crippen molar-refractivity contribution in [3.63, 3.8) is 0 Å². The van der Waals surface area contributed by atoms with Crippen molar-refractivity contribution in [1.29, 1.82) is 0 Å². The van der Waals surface area contributed by atoms with E-state index < -0.39 is 0 Å². The number of ether oxygens (including phenoxy) is 1. The molecule has 0 spiro atoms. The molecule has 2 aromatic heterocycles. The van der Waals surface area contributed by atoms with Crippen molar-refractivity contribution in [1.82, 2.24) is 25.2 Å². The maximum absolute atomic E-state index is 12.4. The summed E-state index contributed by atoms with van der Waals surface area (Å²) in [5.74, 6) is 0.621. The lowest BCUT2D eigenvalue weighted by atomic mass is 10.1. The molecule has 0 aliphatic carbocycles. The summed E-state index contributed by atoms with van der Waals surface area (Å²) in [5.41, 5.74) is 4.07. The molecule has 2 N–H and O–H groups in total. The smallest absolute Gasteiger partial charge is 0.253 e. The average molecular weight is 362 g/mol. The van der Waals surface area contributed by atoms with Crippen LogP contribution in [0.25, 0.3) is 16.6 Å². The summed E-state index contributed by atoms with van der Waals surface area (Å²) in [6.07, 6.45) is 1.50. The van der Waals surface area contributed by atoms with E-state index in [2.05, 4.69) is 25.8 Å². The fraction of sp³-hybridized carbons (Fsp3) is 0.158. The van der Waals surface area contributed by atoms with Crippen LogP contribution in [-0.2, 0) is 6.54 Å². The third-order valence-electron chi connectivity index (χ3n) is 4.34. The van der Waals surface area contributed by atoms with Gasteiger partial charge in [-0.1, -0.05) is 12.1 Å². The highest BCUT2D eigenvalue weighted by atomic mass is 16.5. The molecule has 0 saturated carbocycles. The number of benzene rings is 2. The summed E-state index contributed by atoms with van der Waals surface area (Å²) in [7, 11) is 1.59. The second kappa shape index (κ2) is 6.91. The second-order valence-corrected chi connectivity index (χ2v) is 6.21. The number of nitrogens with zero attached hydrogens (tertiary/aromatic N) is 4. The zero-order valence-electron chi connectivity index (χ0n) is 14.9. The molecule has 0 fully saturated rings. The Morgan fingerprint density at radius 3 is 2.85 bits per heavy atom. The number of aromatic nitrogens is 5. The molecule has 8 nitrogen and oxygen atoms in total. The van der Waals surface area contributed by atoms with Crippen molar-refractivity contribution in [2.24, 2.45) is 0 Å². The van der Waals surface area contributed by atoms with Gasteiger partial charge in [-0.15, -0.1) is 5.10 Å². The zero-order chi connectivity index (χ0) is 18.8. The number of methoxy groups -OCH3 is 1. The molecule has 0 unspecified atom stereocenters. The number of anilines is 1. The van der Waals surface area contributed by atoms with E-state index in [9.17, 15) is 4.79 Å². The van der Waals surface area contributed by atoms with E-state index in [1.165, 1.54) is 11.0 Å². The molecule has 0 aliphatic heterocycles. The quantitative estimate of drug-likeness (QED) is 0.566. The minimum Gasteiger partial charge on any atom is -0.494 e. The minimum atomic E-state index is -0.0992. The van der Waals surface area contributed by atoms with Crippen LogP contribution in [0.1, 0.15) is 11.1 Å². The molecule has 0 radical (unpaired) electrons. The van der Waals surface area contributed by atoms with E-state index in [1.54, 1.807) is 7.11 Å². The predicted octanol–water partition coefficient (Wildman–Crippen LogP) is 2.43. The molecule has 0 aliphatic rings. The van der Waals surface area contributed by atoms with Gasteiger partial charge in [0.05, 0.1) is 7.11 Å². The van der Waals surface area contributed by atoms with Crippen LogP contribution >= 0.6 is 0 Å². The number of fused-ring (bicyclic) bond motifs is 1. The Balaban J connectivity index is 1.58. The Labute approximate surface area is 154 Å². The molecule has 4 rings (SSSR count).